The first kappa shape index (κ1) is 23.2. The second-order valence-electron chi connectivity index (χ2n) is 7.03. The first-order valence-electron chi connectivity index (χ1n) is 10.1. The van der Waals surface area contributed by atoms with E-state index in [1.165, 1.54) is 16.0 Å². The standard InChI is InChI=1S/C23H26N6S.HI/c1-3-19-13-25-22(30-19)14-27-23(24-2)26-12-17-8-10-18(11-9-17)15-29-16-28-20-6-4-5-7-21(20)29;/h4-11,13,16H,3,12,14-15H2,1-2H3,(H2,24,26,27);1H. The highest BCUT2D eigenvalue weighted by atomic mass is 127. The lowest BCUT2D eigenvalue weighted by atomic mass is 10.1. The molecule has 2 heterocycles. The fourth-order valence-electron chi connectivity index (χ4n) is 3.25. The van der Waals surface area contributed by atoms with Crippen LogP contribution in [0.4, 0.5) is 0 Å². The van der Waals surface area contributed by atoms with Crippen LogP contribution in [0.1, 0.15) is 27.9 Å². The van der Waals surface area contributed by atoms with Gasteiger partial charge in [-0.15, -0.1) is 35.3 Å². The smallest absolute Gasteiger partial charge is 0.191 e. The number of hydrogen-bond acceptors (Lipinski definition) is 4. The molecule has 2 N–H and O–H groups in total. The van der Waals surface area contributed by atoms with Gasteiger partial charge in [0.2, 0.25) is 0 Å². The van der Waals surface area contributed by atoms with Crippen molar-refractivity contribution in [1.29, 1.82) is 0 Å². The fourth-order valence-corrected chi connectivity index (χ4v) is 4.06. The number of imidazole rings is 1. The lowest BCUT2D eigenvalue weighted by molar-refractivity contribution is 0.801. The highest BCUT2D eigenvalue weighted by Gasteiger charge is 2.05. The van der Waals surface area contributed by atoms with Gasteiger partial charge >= 0.3 is 0 Å². The van der Waals surface area contributed by atoms with Crippen molar-refractivity contribution in [3.05, 3.63) is 82.1 Å². The topological polar surface area (TPSA) is 67.1 Å². The Hall–Kier alpha value is -2.46. The predicted octanol–water partition coefficient (Wildman–Crippen LogP) is 4.59. The number of benzene rings is 2. The molecule has 162 valence electrons. The van der Waals surface area contributed by atoms with Gasteiger partial charge in [0.15, 0.2) is 5.96 Å². The van der Waals surface area contributed by atoms with Gasteiger partial charge in [-0.1, -0.05) is 43.3 Å². The summed E-state index contributed by atoms with van der Waals surface area (Å²) in [5.74, 6) is 0.775. The Morgan fingerprint density at radius 3 is 2.48 bits per heavy atom. The number of aliphatic imine (C=N–C) groups is 1. The van der Waals surface area contributed by atoms with E-state index in [0.717, 1.165) is 35.0 Å². The third-order valence-electron chi connectivity index (χ3n) is 4.94. The third kappa shape index (κ3) is 6.04. The van der Waals surface area contributed by atoms with Crippen LogP contribution in [-0.4, -0.2) is 27.5 Å². The summed E-state index contributed by atoms with van der Waals surface area (Å²) in [5.41, 5.74) is 4.64. The van der Waals surface area contributed by atoms with E-state index < -0.39 is 0 Å². The second kappa shape index (κ2) is 11.2. The maximum atomic E-state index is 4.47. The van der Waals surface area contributed by atoms with E-state index in [0.29, 0.717) is 13.1 Å². The van der Waals surface area contributed by atoms with Gasteiger partial charge in [0.1, 0.15) is 5.01 Å². The zero-order valence-corrected chi connectivity index (χ0v) is 20.9. The summed E-state index contributed by atoms with van der Waals surface area (Å²) in [6.07, 6.45) is 4.88. The molecule has 4 aromatic rings. The molecule has 0 atom stereocenters. The van der Waals surface area contributed by atoms with Gasteiger partial charge in [-0.2, -0.15) is 0 Å². The summed E-state index contributed by atoms with van der Waals surface area (Å²) in [6.45, 7) is 4.35. The minimum absolute atomic E-state index is 0. The molecule has 0 amide bonds. The molecule has 0 saturated carbocycles. The number of halogens is 1. The number of rotatable bonds is 7. The normalized spacial score (nSPS) is 11.4. The van der Waals surface area contributed by atoms with Crippen LogP contribution >= 0.6 is 35.3 Å². The Morgan fingerprint density at radius 2 is 1.74 bits per heavy atom. The summed E-state index contributed by atoms with van der Waals surface area (Å²) in [4.78, 5) is 14.5. The molecule has 2 aromatic heterocycles. The summed E-state index contributed by atoms with van der Waals surface area (Å²) in [6, 6.07) is 16.9. The van der Waals surface area contributed by atoms with Gasteiger partial charge in [-0.25, -0.2) is 9.97 Å². The molecule has 0 aliphatic rings. The van der Waals surface area contributed by atoms with E-state index >= 15 is 0 Å². The lowest BCUT2D eigenvalue weighted by Crippen LogP contribution is -2.36. The Kier molecular flexibility index (Phi) is 8.42. The number of fused-ring (bicyclic) bond motifs is 1. The number of aromatic nitrogens is 3. The number of nitrogens with one attached hydrogen (secondary N) is 2. The number of thiazole rings is 1. The number of aryl methyl sites for hydroxylation is 1. The number of nitrogens with zero attached hydrogens (tertiary/aromatic N) is 4. The zero-order chi connectivity index (χ0) is 20.8. The quantitative estimate of drug-likeness (QED) is 0.202. The summed E-state index contributed by atoms with van der Waals surface area (Å²) in [7, 11) is 1.78. The van der Waals surface area contributed by atoms with Gasteiger partial charge in [-0.05, 0) is 29.7 Å². The Morgan fingerprint density at radius 1 is 1.00 bits per heavy atom. The minimum Gasteiger partial charge on any atom is -0.352 e. The second-order valence-corrected chi connectivity index (χ2v) is 8.23. The van der Waals surface area contributed by atoms with E-state index in [1.807, 2.05) is 30.7 Å². The molecule has 31 heavy (non-hydrogen) atoms. The van der Waals surface area contributed by atoms with Gasteiger partial charge in [0, 0.05) is 31.2 Å². The Balaban J connectivity index is 0.00000272. The molecule has 0 spiro atoms. The fraction of sp³-hybridized carbons (Fsp3) is 0.261. The molecular formula is C23H27IN6S. The number of guanidine groups is 1. The molecule has 6 nitrogen and oxygen atoms in total. The first-order valence-corrected chi connectivity index (χ1v) is 10.9. The van der Waals surface area contributed by atoms with Crippen LogP contribution in [0.2, 0.25) is 0 Å². The minimum atomic E-state index is 0. The molecule has 0 unspecified atom stereocenters. The maximum absolute atomic E-state index is 4.47. The summed E-state index contributed by atoms with van der Waals surface area (Å²) >= 11 is 1.74. The average molecular weight is 546 g/mol. The molecule has 8 heteroatoms. The van der Waals surface area contributed by atoms with Gasteiger partial charge < -0.3 is 15.2 Å². The average Bonchev–Trinajstić information content (AvgIpc) is 3.42. The van der Waals surface area contributed by atoms with Crippen molar-refractivity contribution in [1.82, 2.24) is 25.2 Å². The molecule has 0 aliphatic carbocycles. The Labute approximate surface area is 203 Å². The third-order valence-corrected chi connectivity index (χ3v) is 6.09. The van der Waals surface area contributed by atoms with Gasteiger partial charge in [0.05, 0.1) is 23.9 Å². The molecular weight excluding hydrogens is 519 g/mol. The molecule has 0 radical (unpaired) electrons. The van der Waals surface area contributed by atoms with Crippen molar-refractivity contribution in [2.45, 2.75) is 33.0 Å². The van der Waals surface area contributed by atoms with Gasteiger partial charge in [-0.3, -0.25) is 4.99 Å². The first-order chi connectivity index (χ1) is 14.7. The SMILES string of the molecule is CCc1cnc(CNC(=NC)NCc2ccc(Cn3cnc4ccccc43)cc2)s1.I. The van der Waals surface area contributed by atoms with Crippen molar-refractivity contribution in [3.8, 4) is 0 Å². The van der Waals surface area contributed by atoms with E-state index in [1.54, 1.807) is 18.4 Å². The van der Waals surface area contributed by atoms with Crippen molar-refractivity contribution >= 4 is 52.3 Å². The van der Waals surface area contributed by atoms with Crippen LogP contribution in [0.25, 0.3) is 11.0 Å². The maximum Gasteiger partial charge on any atom is 0.191 e. The lowest BCUT2D eigenvalue weighted by Gasteiger charge is -2.11. The van der Waals surface area contributed by atoms with E-state index in [9.17, 15) is 0 Å². The molecule has 0 bridgehead atoms. The highest BCUT2D eigenvalue weighted by molar-refractivity contribution is 14.0. The van der Waals surface area contributed by atoms with Crippen molar-refractivity contribution in [2.75, 3.05) is 7.05 Å². The van der Waals surface area contributed by atoms with E-state index in [4.69, 9.17) is 0 Å². The number of para-hydroxylation sites is 2. The van der Waals surface area contributed by atoms with Crippen molar-refractivity contribution in [3.63, 3.8) is 0 Å². The zero-order valence-electron chi connectivity index (χ0n) is 17.7. The van der Waals surface area contributed by atoms with Crippen molar-refractivity contribution < 1.29 is 0 Å². The van der Waals surface area contributed by atoms with Gasteiger partial charge in [0.25, 0.3) is 0 Å². The van der Waals surface area contributed by atoms with Crippen LogP contribution in [0, 0.1) is 0 Å². The van der Waals surface area contributed by atoms with E-state index in [-0.39, 0.29) is 24.0 Å². The Bertz CT molecular complexity index is 1130. The monoisotopic (exact) mass is 546 g/mol. The largest absolute Gasteiger partial charge is 0.352 e. The molecule has 0 aliphatic heterocycles. The van der Waals surface area contributed by atoms with E-state index in [2.05, 4.69) is 67.4 Å². The molecule has 0 fully saturated rings. The van der Waals surface area contributed by atoms with Crippen LogP contribution in [0.3, 0.4) is 0 Å². The van der Waals surface area contributed by atoms with Crippen LogP contribution in [0.15, 0.2) is 66.0 Å². The van der Waals surface area contributed by atoms with Crippen LogP contribution in [-0.2, 0) is 26.1 Å². The predicted molar refractivity (Wildman–Crippen MR) is 139 cm³/mol. The highest BCUT2D eigenvalue weighted by Crippen LogP contribution is 2.15. The molecule has 0 saturated heterocycles. The summed E-state index contributed by atoms with van der Waals surface area (Å²) < 4.78 is 2.18. The van der Waals surface area contributed by atoms with Crippen LogP contribution < -0.4 is 10.6 Å². The molecule has 2 aromatic carbocycles. The molecule has 4 rings (SSSR count). The number of hydrogen-bond donors (Lipinski definition) is 2. The van der Waals surface area contributed by atoms with Crippen molar-refractivity contribution in [2.24, 2.45) is 4.99 Å². The summed E-state index contributed by atoms with van der Waals surface area (Å²) in [5, 5.41) is 7.77. The van der Waals surface area contributed by atoms with Crippen LogP contribution in [0.5, 0.6) is 0 Å².